The van der Waals surface area contributed by atoms with E-state index in [-0.39, 0.29) is 0 Å². The Morgan fingerprint density at radius 2 is 1.89 bits per heavy atom. The van der Waals surface area contributed by atoms with Crippen LogP contribution in [0.15, 0.2) is 0 Å². The van der Waals surface area contributed by atoms with Crippen LogP contribution in [0, 0.1) is 0 Å². The number of carbonyl (C=O) groups excluding carboxylic acids is 2. The van der Waals surface area contributed by atoms with Crippen LogP contribution in [0.2, 0.25) is 0 Å². The normalized spacial score (nSPS) is 13.9. The summed E-state index contributed by atoms with van der Waals surface area (Å²) in [6.07, 6.45) is -1.73. The van der Waals surface area contributed by atoms with E-state index >= 15 is 0 Å². The Hall–Kier alpha value is -0.0400. The van der Waals surface area contributed by atoms with Crippen molar-refractivity contribution in [3.05, 3.63) is 0 Å². The van der Waals surface area contributed by atoms with Gasteiger partial charge >= 0.3 is 13.7 Å². The molecule has 0 aliphatic carbocycles. The first-order valence-corrected chi connectivity index (χ1v) is 7.28. The maximum absolute atomic E-state index is 11.2. The van der Waals surface area contributed by atoms with Gasteiger partial charge < -0.3 is 19.8 Å². The Morgan fingerprint density at radius 1 is 1.39 bits per heavy atom. The fourth-order valence-electron chi connectivity index (χ4n) is 0.851. The Morgan fingerprint density at radius 3 is 2.22 bits per heavy atom. The molecule has 0 aliphatic heterocycles. The van der Waals surface area contributed by atoms with Crippen LogP contribution in [0.5, 0.6) is 0 Å². The molecule has 0 aliphatic rings. The second-order valence-electron chi connectivity index (χ2n) is 3.35. The number of hydrogen-bond acceptors (Lipinski definition) is 4. The highest BCUT2D eigenvalue weighted by atomic mass is 35.6. The van der Waals surface area contributed by atoms with E-state index in [4.69, 9.17) is 44.6 Å². The van der Waals surface area contributed by atoms with E-state index in [1.807, 2.05) is 5.32 Å². The van der Waals surface area contributed by atoms with Crippen molar-refractivity contribution in [2.45, 2.75) is 22.9 Å². The average Bonchev–Trinajstić information content (AvgIpc) is 2.10. The summed E-state index contributed by atoms with van der Waals surface area (Å²) in [5, 5.41) is 1.84. The van der Waals surface area contributed by atoms with Crippen LogP contribution in [0.1, 0.15) is 13.3 Å². The molecule has 1 amide bonds. The SMILES string of the molecule is CC(=O)CC(NC(=O)OCC(Cl)(Cl)Cl)P(=O)(O)O. The molecular weight excluding hydrogens is 331 g/mol. The van der Waals surface area contributed by atoms with Crippen LogP contribution >= 0.6 is 42.4 Å². The van der Waals surface area contributed by atoms with Crippen LogP contribution in [-0.4, -0.2) is 37.8 Å². The zero-order valence-corrected chi connectivity index (χ0v) is 12.3. The Bertz CT molecular complexity index is 365. The van der Waals surface area contributed by atoms with Crippen molar-refractivity contribution >= 4 is 54.3 Å². The smallest absolute Gasteiger partial charge is 0.408 e. The molecule has 0 saturated heterocycles. The predicted octanol–water partition coefficient (Wildman–Crippen LogP) is 1.57. The van der Waals surface area contributed by atoms with Crippen molar-refractivity contribution in [3.8, 4) is 0 Å². The maximum Gasteiger partial charge on any atom is 0.408 e. The lowest BCUT2D eigenvalue weighted by molar-refractivity contribution is -0.117. The third kappa shape index (κ3) is 8.97. The molecule has 0 rings (SSSR count). The highest BCUT2D eigenvalue weighted by Gasteiger charge is 2.32. The molecule has 1 atom stereocenters. The first-order valence-electron chi connectivity index (χ1n) is 4.46. The number of nitrogens with one attached hydrogen (secondary N) is 1. The van der Waals surface area contributed by atoms with Crippen LogP contribution < -0.4 is 5.32 Å². The van der Waals surface area contributed by atoms with Gasteiger partial charge in [0.1, 0.15) is 18.2 Å². The molecule has 0 spiro atoms. The van der Waals surface area contributed by atoms with Gasteiger partial charge in [0.15, 0.2) is 0 Å². The molecule has 7 nitrogen and oxygen atoms in total. The minimum atomic E-state index is -4.68. The molecule has 0 aromatic heterocycles. The summed E-state index contributed by atoms with van der Waals surface area (Å²) in [5.41, 5.74) is 0. The molecule has 0 aromatic carbocycles. The third-order valence-corrected chi connectivity index (χ3v) is 2.99. The molecule has 3 N–H and O–H groups in total. The number of rotatable bonds is 5. The molecule has 106 valence electrons. The van der Waals surface area contributed by atoms with Gasteiger partial charge in [0.05, 0.1) is 0 Å². The maximum atomic E-state index is 11.2. The molecule has 0 bridgehead atoms. The lowest BCUT2D eigenvalue weighted by Crippen LogP contribution is -2.37. The topological polar surface area (TPSA) is 113 Å². The fourth-order valence-corrected chi connectivity index (χ4v) is 1.78. The molecule has 0 heterocycles. The number of alkyl halides is 3. The summed E-state index contributed by atoms with van der Waals surface area (Å²) in [4.78, 5) is 39.8. The van der Waals surface area contributed by atoms with E-state index in [2.05, 4.69) is 4.74 Å². The lowest BCUT2D eigenvalue weighted by atomic mass is 10.3. The van der Waals surface area contributed by atoms with Crippen molar-refractivity contribution in [1.29, 1.82) is 0 Å². The van der Waals surface area contributed by atoms with Gasteiger partial charge in [0, 0.05) is 6.42 Å². The Labute approximate surface area is 118 Å². The largest absolute Gasteiger partial charge is 0.445 e. The van der Waals surface area contributed by atoms with Crippen LogP contribution in [-0.2, 0) is 14.1 Å². The number of hydrogen-bond donors (Lipinski definition) is 3. The highest BCUT2D eigenvalue weighted by Crippen LogP contribution is 2.41. The van der Waals surface area contributed by atoms with Gasteiger partial charge in [-0.05, 0) is 6.92 Å². The summed E-state index contributed by atoms with van der Waals surface area (Å²) in [7, 11) is -4.68. The van der Waals surface area contributed by atoms with Gasteiger partial charge in [0.2, 0.25) is 3.79 Å². The average molecular weight is 342 g/mol. The number of alkyl carbamates (subject to hydrolysis) is 1. The van der Waals surface area contributed by atoms with Crippen molar-refractivity contribution in [1.82, 2.24) is 5.32 Å². The van der Waals surface area contributed by atoms with Gasteiger partial charge in [-0.25, -0.2) is 4.79 Å². The molecule has 18 heavy (non-hydrogen) atoms. The summed E-state index contributed by atoms with van der Waals surface area (Å²) >= 11 is 15.9. The molecule has 0 saturated carbocycles. The van der Waals surface area contributed by atoms with Crippen molar-refractivity contribution < 1.29 is 28.7 Å². The van der Waals surface area contributed by atoms with Crippen molar-refractivity contribution in [3.63, 3.8) is 0 Å². The molecule has 0 fully saturated rings. The first-order chi connectivity index (χ1) is 7.92. The van der Waals surface area contributed by atoms with E-state index < -0.39 is 42.1 Å². The number of halogens is 3. The molecule has 1 unspecified atom stereocenters. The minimum Gasteiger partial charge on any atom is -0.445 e. The zero-order chi connectivity index (χ0) is 14.6. The summed E-state index contributed by atoms with van der Waals surface area (Å²) in [6, 6.07) is 0. The molecule has 0 aromatic rings. The quantitative estimate of drug-likeness (QED) is 0.516. The number of amides is 1. The molecule has 11 heteroatoms. The number of ketones is 1. The second kappa shape index (κ2) is 6.93. The summed E-state index contributed by atoms with van der Waals surface area (Å²) in [5.74, 6) is -2.18. The van der Waals surface area contributed by atoms with Crippen molar-refractivity contribution in [2.75, 3.05) is 6.61 Å². The number of ether oxygens (including phenoxy) is 1. The Balaban J connectivity index is 4.46. The first kappa shape index (κ1) is 18.0. The third-order valence-electron chi connectivity index (χ3n) is 1.54. The van der Waals surface area contributed by atoms with Gasteiger partial charge in [-0.2, -0.15) is 0 Å². The van der Waals surface area contributed by atoms with Crippen LogP contribution in [0.25, 0.3) is 0 Å². The van der Waals surface area contributed by atoms with E-state index in [1.165, 1.54) is 0 Å². The van der Waals surface area contributed by atoms with E-state index in [0.29, 0.717) is 0 Å². The fraction of sp³-hybridized carbons (Fsp3) is 0.714. The van der Waals surface area contributed by atoms with Crippen LogP contribution in [0.4, 0.5) is 4.79 Å². The minimum absolute atomic E-state index is 0.509. The van der Waals surface area contributed by atoms with E-state index in [9.17, 15) is 14.2 Å². The molecular formula is C7H11Cl3NO6P. The lowest BCUT2D eigenvalue weighted by Gasteiger charge is -2.19. The van der Waals surface area contributed by atoms with Gasteiger partial charge in [0.25, 0.3) is 0 Å². The summed E-state index contributed by atoms with van der Waals surface area (Å²) in [6.45, 7) is 0.522. The van der Waals surface area contributed by atoms with Gasteiger partial charge in [-0.15, -0.1) is 0 Å². The van der Waals surface area contributed by atoms with Gasteiger partial charge in [-0.3, -0.25) is 9.36 Å². The number of Topliss-reactive ketones (excluding diaryl/α,β-unsaturated/α-hetero) is 1. The monoisotopic (exact) mass is 341 g/mol. The zero-order valence-electron chi connectivity index (χ0n) is 9.10. The van der Waals surface area contributed by atoms with Crippen LogP contribution in [0.3, 0.4) is 0 Å². The Kier molecular flexibility index (Phi) is 6.92. The standard InChI is InChI=1S/C7H11Cl3NO6P/c1-4(12)2-5(18(14,15)16)11-6(13)17-3-7(8,9)10/h5H,2-3H2,1H3,(H,11,13)(H2,14,15,16). The highest BCUT2D eigenvalue weighted by molar-refractivity contribution is 7.52. The van der Waals surface area contributed by atoms with E-state index in [0.717, 1.165) is 6.92 Å². The summed E-state index contributed by atoms with van der Waals surface area (Å²) < 4.78 is 13.6. The predicted molar refractivity (Wildman–Crippen MR) is 65.9 cm³/mol. The van der Waals surface area contributed by atoms with E-state index in [1.54, 1.807) is 0 Å². The number of carbonyl (C=O) groups is 2. The molecule has 0 radical (unpaired) electrons. The van der Waals surface area contributed by atoms with Gasteiger partial charge in [-0.1, -0.05) is 34.8 Å². The van der Waals surface area contributed by atoms with Crippen molar-refractivity contribution in [2.24, 2.45) is 0 Å². The second-order valence-corrected chi connectivity index (χ2v) is 7.66.